The molecule has 0 spiro atoms. The normalized spacial score (nSPS) is 18.2. The summed E-state index contributed by atoms with van der Waals surface area (Å²) in [4.78, 5) is 2.59. The van der Waals surface area contributed by atoms with Crippen molar-refractivity contribution in [2.24, 2.45) is 5.92 Å². The van der Waals surface area contributed by atoms with Crippen LogP contribution in [-0.2, 0) is 0 Å². The minimum atomic E-state index is 0.460. The van der Waals surface area contributed by atoms with E-state index in [-0.39, 0.29) is 0 Å². The average molecular weight is 341 g/mol. The molecule has 1 aromatic rings. The molecular formula is C16H25BrN2O. The van der Waals surface area contributed by atoms with E-state index in [1.54, 1.807) is 7.11 Å². The molecule has 1 fully saturated rings. The summed E-state index contributed by atoms with van der Waals surface area (Å²) in [6.07, 6.45) is 1.17. The van der Waals surface area contributed by atoms with Gasteiger partial charge in [-0.05, 0) is 36.1 Å². The maximum absolute atomic E-state index is 5.40. The van der Waals surface area contributed by atoms with Crippen LogP contribution in [0.3, 0.4) is 0 Å². The molecule has 1 heterocycles. The number of hydrogen-bond acceptors (Lipinski definition) is 3. The molecule has 0 bridgehead atoms. The highest BCUT2D eigenvalue weighted by atomic mass is 79.9. The van der Waals surface area contributed by atoms with Crippen molar-refractivity contribution in [1.82, 2.24) is 10.2 Å². The topological polar surface area (TPSA) is 24.5 Å². The van der Waals surface area contributed by atoms with Gasteiger partial charge >= 0.3 is 0 Å². The Morgan fingerprint density at radius 3 is 2.60 bits per heavy atom. The Kier molecular flexibility index (Phi) is 5.87. The Bertz CT molecular complexity index is 430. The minimum Gasteiger partial charge on any atom is -0.497 e. The third-order valence-electron chi connectivity index (χ3n) is 3.85. The highest BCUT2D eigenvalue weighted by Gasteiger charge is 2.25. The molecule has 2 rings (SSSR count). The first-order valence-corrected chi connectivity index (χ1v) is 8.19. The van der Waals surface area contributed by atoms with Crippen molar-refractivity contribution >= 4 is 15.9 Å². The van der Waals surface area contributed by atoms with Gasteiger partial charge < -0.3 is 10.1 Å². The number of halogens is 1. The summed E-state index contributed by atoms with van der Waals surface area (Å²) in [5.41, 5.74) is 1.35. The smallest absolute Gasteiger partial charge is 0.119 e. The van der Waals surface area contributed by atoms with E-state index < -0.39 is 0 Å². The minimum absolute atomic E-state index is 0.460. The van der Waals surface area contributed by atoms with Crippen LogP contribution >= 0.6 is 15.9 Å². The third kappa shape index (κ3) is 3.96. The van der Waals surface area contributed by atoms with Gasteiger partial charge in [-0.1, -0.05) is 29.8 Å². The predicted octanol–water partition coefficient (Wildman–Crippen LogP) is 3.45. The van der Waals surface area contributed by atoms with Crippen LogP contribution in [-0.4, -0.2) is 38.2 Å². The first kappa shape index (κ1) is 15.8. The summed E-state index contributed by atoms with van der Waals surface area (Å²) in [7, 11) is 1.73. The Labute approximate surface area is 130 Å². The molecule has 4 heteroatoms. The molecule has 1 saturated heterocycles. The summed E-state index contributed by atoms with van der Waals surface area (Å²) in [6.45, 7) is 8.97. The molecule has 1 aliphatic rings. The number of hydrogen-bond donors (Lipinski definition) is 1. The van der Waals surface area contributed by atoms with Gasteiger partial charge in [0.2, 0.25) is 0 Å². The Morgan fingerprint density at radius 1 is 1.30 bits per heavy atom. The molecule has 1 atom stereocenters. The lowest BCUT2D eigenvalue weighted by Gasteiger charge is -2.36. The summed E-state index contributed by atoms with van der Waals surface area (Å²) < 4.78 is 6.58. The maximum atomic E-state index is 5.40. The molecule has 0 aromatic heterocycles. The summed E-state index contributed by atoms with van der Waals surface area (Å²) in [5.74, 6) is 1.61. The Hall–Kier alpha value is -0.580. The molecule has 1 N–H and O–H groups in total. The van der Waals surface area contributed by atoms with E-state index in [4.69, 9.17) is 4.74 Å². The van der Waals surface area contributed by atoms with Gasteiger partial charge in [0.05, 0.1) is 7.11 Å². The van der Waals surface area contributed by atoms with Crippen molar-refractivity contribution in [3.05, 3.63) is 28.2 Å². The standard InChI is InChI=1S/C16H25BrN2O/c1-12(2)10-16(19-8-6-18-7-9-19)14-11-13(20-3)4-5-15(14)17/h4-5,11-12,16,18H,6-10H2,1-3H3/t16-/m0/s1. The molecule has 1 aromatic carbocycles. The second-order valence-corrected chi connectivity index (χ2v) is 6.67. The van der Waals surface area contributed by atoms with Gasteiger partial charge in [0, 0.05) is 36.7 Å². The van der Waals surface area contributed by atoms with E-state index in [0.29, 0.717) is 12.0 Å². The van der Waals surface area contributed by atoms with Crippen LogP contribution < -0.4 is 10.1 Å². The summed E-state index contributed by atoms with van der Waals surface area (Å²) >= 11 is 3.72. The van der Waals surface area contributed by atoms with E-state index in [1.165, 1.54) is 16.5 Å². The predicted molar refractivity (Wildman–Crippen MR) is 87.3 cm³/mol. The number of benzene rings is 1. The van der Waals surface area contributed by atoms with Gasteiger partial charge in [0.25, 0.3) is 0 Å². The zero-order valence-corrected chi connectivity index (χ0v) is 14.2. The molecule has 112 valence electrons. The molecule has 3 nitrogen and oxygen atoms in total. The van der Waals surface area contributed by atoms with Gasteiger partial charge in [-0.15, -0.1) is 0 Å². The maximum Gasteiger partial charge on any atom is 0.119 e. The second kappa shape index (κ2) is 7.43. The summed E-state index contributed by atoms with van der Waals surface area (Å²) in [6, 6.07) is 6.75. The number of piperazine rings is 1. The average Bonchev–Trinajstić information content (AvgIpc) is 2.46. The number of ether oxygens (including phenoxy) is 1. The van der Waals surface area contributed by atoms with Crippen LogP contribution in [0.15, 0.2) is 22.7 Å². The number of methoxy groups -OCH3 is 1. The van der Waals surface area contributed by atoms with E-state index in [0.717, 1.165) is 31.9 Å². The van der Waals surface area contributed by atoms with Crippen molar-refractivity contribution in [3.8, 4) is 5.75 Å². The van der Waals surface area contributed by atoms with Crippen LogP contribution in [0.5, 0.6) is 5.75 Å². The van der Waals surface area contributed by atoms with Crippen LogP contribution in [0.1, 0.15) is 31.9 Å². The lowest BCUT2D eigenvalue weighted by atomic mass is 9.95. The molecule has 0 radical (unpaired) electrons. The van der Waals surface area contributed by atoms with Crippen molar-refractivity contribution in [2.75, 3.05) is 33.3 Å². The highest BCUT2D eigenvalue weighted by molar-refractivity contribution is 9.10. The molecule has 0 amide bonds. The van der Waals surface area contributed by atoms with E-state index in [2.05, 4.69) is 52.1 Å². The fourth-order valence-corrected chi connectivity index (χ4v) is 3.33. The zero-order valence-electron chi connectivity index (χ0n) is 12.7. The lowest BCUT2D eigenvalue weighted by Crippen LogP contribution is -2.45. The van der Waals surface area contributed by atoms with Gasteiger partial charge in [0.15, 0.2) is 0 Å². The van der Waals surface area contributed by atoms with Gasteiger partial charge in [0.1, 0.15) is 5.75 Å². The van der Waals surface area contributed by atoms with E-state index in [1.807, 2.05) is 6.07 Å². The highest BCUT2D eigenvalue weighted by Crippen LogP contribution is 2.35. The first-order valence-electron chi connectivity index (χ1n) is 7.40. The van der Waals surface area contributed by atoms with Gasteiger partial charge in [-0.25, -0.2) is 0 Å². The quantitative estimate of drug-likeness (QED) is 0.888. The van der Waals surface area contributed by atoms with Crippen molar-refractivity contribution in [2.45, 2.75) is 26.3 Å². The second-order valence-electron chi connectivity index (χ2n) is 5.82. The molecule has 0 unspecified atom stereocenters. The number of rotatable bonds is 5. The molecule has 0 saturated carbocycles. The summed E-state index contributed by atoms with van der Waals surface area (Å²) in [5, 5.41) is 3.43. The van der Waals surface area contributed by atoms with E-state index >= 15 is 0 Å². The fourth-order valence-electron chi connectivity index (χ4n) is 2.82. The van der Waals surface area contributed by atoms with Crippen LogP contribution in [0.4, 0.5) is 0 Å². The van der Waals surface area contributed by atoms with Crippen molar-refractivity contribution in [1.29, 1.82) is 0 Å². The van der Waals surface area contributed by atoms with Crippen LogP contribution in [0, 0.1) is 5.92 Å². The van der Waals surface area contributed by atoms with Crippen molar-refractivity contribution in [3.63, 3.8) is 0 Å². The molecular weight excluding hydrogens is 316 g/mol. The molecule has 20 heavy (non-hydrogen) atoms. The van der Waals surface area contributed by atoms with Crippen LogP contribution in [0.2, 0.25) is 0 Å². The lowest BCUT2D eigenvalue weighted by molar-refractivity contribution is 0.153. The Balaban J connectivity index is 2.29. The van der Waals surface area contributed by atoms with Gasteiger partial charge in [-0.3, -0.25) is 4.90 Å². The number of nitrogens with zero attached hydrogens (tertiary/aromatic N) is 1. The van der Waals surface area contributed by atoms with E-state index in [9.17, 15) is 0 Å². The first-order chi connectivity index (χ1) is 9.61. The van der Waals surface area contributed by atoms with Crippen molar-refractivity contribution < 1.29 is 4.74 Å². The SMILES string of the molecule is COc1ccc(Br)c([C@H](CC(C)C)N2CCNCC2)c1. The molecule has 0 aliphatic carbocycles. The number of nitrogens with one attached hydrogen (secondary N) is 1. The largest absolute Gasteiger partial charge is 0.497 e. The van der Waals surface area contributed by atoms with Crippen LogP contribution in [0.25, 0.3) is 0 Å². The Morgan fingerprint density at radius 2 is 2.00 bits per heavy atom. The fraction of sp³-hybridized carbons (Fsp3) is 0.625. The third-order valence-corrected chi connectivity index (χ3v) is 4.57. The monoisotopic (exact) mass is 340 g/mol. The zero-order chi connectivity index (χ0) is 14.5. The molecule has 1 aliphatic heterocycles. The van der Waals surface area contributed by atoms with Gasteiger partial charge in [-0.2, -0.15) is 0 Å².